The molecule has 19 heavy (non-hydrogen) atoms. The minimum atomic E-state index is -0.158. The van der Waals surface area contributed by atoms with Gasteiger partial charge in [0, 0.05) is 30.7 Å². The Morgan fingerprint density at radius 1 is 1.37 bits per heavy atom. The zero-order valence-electron chi connectivity index (χ0n) is 11.1. The molecule has 1 amide bonds. The molecule has 0 saturated heterocycles. The standard InChI is InChI=1S/C15H17N3O/c1-3-18-11-10-16-14(18)8-9-15(19)17-13-6-4-12(2)5-7-13/h4-11H,3H2,1-2H3,(H,17,19). The molecule has 0 saturated carbocycles. The number of aromatic nitrogens is 2. The van der Waals surface area contributed by atoms with E-state index in [-0.39, 0.29) is 5.91 Å². The summed E-state index contributed by atoms with van der Waals surface area (Å²) in [5, 5.41) is 2.81. The van der Waals surface area contributed by atoms with Gasteiger partial charge in [0.05, 0.1) is 0 Å². The number of carbonyl (C=O) groups is 1. The number of hydrogen-bond acceptors (Lipinski definition) is 2. The Bertz CT molecular complexity index is 582. The molecule has 4 nitrogen and oxygen atoms in total. The molecule has 2 rings (SSSR count). The van der Waals surface area contributed by atoms with E-state index < -0.39 is 0 Å². The first-order chi connectivity index (χ1) is 9.19. The Morgan fingerprint density at radius 2 is 2.11 bits per heavy atom. The van der Waals surface area contributed by atoms with Crippen LogP contribution in [-0.2, 0) is 11.3 Å². The van der Waals surface area contributed by atoms with Gasteiger partial charge in [-0.2, -0.15) is 0 Å². The Balaban J connectivity index is 1.99. The maximum atomic E-state index is 11.8. The third-order valence-electron chi connectivity index (χ3n) is 2.79. The van der Waals surface area contributed by atoms with Crippen LogP contribution >= 0.6 is 0 Å². The molecule has 0 unspecified atom stereocenters. The lowest BCUT2D eigenvalue weighted by Crippen LogP contribution is -2.08. The highest BCUT2D eigenvalue weighted by Crippen LogP contribution is 2.08. The second kappa shape index (κ2) is 6.00. The summed E-state index contributed by atoms with van der Waals surface area (Å²) in [6, 6.07) is 7.69. The molecular formula is C15H17N3O. The summed E-state index contributed by atoms with van der Waals surface area (Å²) in [6.45, 7) is 4.88. The van der Waals surface area contributed by atoms with Crippen LogP contribution in [0, 0.1) is 6.92 Å². The highest BCUT2D eigenvalue weighted by molar-refractivity contribution is 6.01. The smallest absolute Gasteiger partial charge is 0.248 e. The summed E-state index contributed by atoms with van der Waals surface area (Å²) in [7, 11) is 0. The van der Waals surface area contributed by atoms with E-state index >= 15 is 0 Å². The summed E-state index contributed by atoms with van der Waals surface area (Å²) in [5.74, 6) is 0.621. The fraction of sp³-hybridized carbons (Fsp3) is 0.200. The molecule has 1 heterocycles. The van der Waals surface area contributed by atoms with Crippen LogP contribution in [0.25, 0.3) is 6.08 Å². The van der Waals surface area contributed by atoms with Gasteiger partial charge in [0.1, 0.15) is 5.82 Å². The molecule has 0 aliphatic carbocycles. The van der Waals surface area contributed by atoms with Crippen LogP contribution in [0.5, 0.6) is 0 Å². The first-order valence-electron chi connectivity index (χ1n) is 6.26. The Hall–Kier alpha value is -2.36. The maximum Gasteiger partial charge on any atom is 0.248 e. The molecule has 0 radical (unpaired) electrons. The summed E-state index contributed by atoms with van der Waals surface area (Å²) in [6.07, 6.45) is 6.82. The number of rotatable bonds is 4. The SMILES string of the molecule is CCn1ccnc1C=CC(=O)Nc1ccc(C)cc1. The molecule has 1 aromatic heterocycles. The van der Waals surface area contributed by atoms with Crippen molar-refractivity contribution in [2.75, 3.05) is 5.32 Å². The normalized spacial score (nSPS) is 10.8. The Morgan fingerprint density at radius 3 is 2.79 bits per heavy atom. The number of hydrogen-bond donors (Lipinski definition) is 1. The lowest BCUT2D eigenvalue weighted by Gasteiger charge is -2.02. The van der Waals surface area contributed by atoms with Crippen molar-refractivity contribution in [1.82, 2.24) is 9.55 Å². The van der Waals surface area contributed by atoms with Crippen molar-refractivity contribution in [2.45, 2.75) is 20.4 Å². The molecular weight excluding hydrogens is 238 g/mol. The molecule has 2 aromatic rings. The lowest BCUT2D eigenvalue weighted by molar-refractivity contribution is -0.111. The number of nitrogens with one attached hydrogen (secondary N) is 1. The van der Waals surface area contributed by atoms with Gasteiger partial charge in [0.25, 0.3) is 0 Å². The minimum absolute atomic E-state index is 0.158. The molecule has 0 fully saturated rings. The molecule has 0 atom stereocenters. The number of amides is 1. The van der Waals surface area contributed by atoms with Crippen molar-refractivity contribution in [3.8, 4) is 0 Å². The maximum absolute atomic E-state index is 11.8. The van der Waals surface area contributed by atoms with E-state index in [1.165, 1.54) is 11.6 Å². The van der Waals surface area contributed by atoms with Crippen LogP contribution in [0.15, 0.2) is 42.7 Å². The second-order valence-electron chi connectivity index (χ2n) is 4.26. The van der Waals surface area contributed by atoms with Gasteiger partial charge in [-0.05, 0) is 32.1 Å². The van der Waals surface area contributed by atoms with Crippen LogP contribution in [0.2, 0.25) is 0 Å². The van der Waals surface area contributed by atoms with Gasteiger partial charge in [0.2, 0.25) is 5.91 Å². The van der Waals surface area contributed by atoms with E-state index in [4.69, 9.17) is 0 Å². The van der Waals surface area contributed by atoms with Gasteiger partial charge in [0.15, 0.2) is 0 Å². The number of carbonyl (C=O) groups excluding carboxylic acids is 1. The fourth-order valence-electron chi connectivity index (χ4n) is 1.72. The molecule has 4 heteroatoms. The predicted molar refractivity (Wildman–Crippen MR) is 76.7 cm³/mol. The summed E-state index contributed by atoms with van der Waals surface area (Å²) < 4.78 is 1.97. The van der Waals surface area contributed by atoms with E-state index in [1.807, 2.05) is 48.9 Å². The quantitative estimate of drug-likeness (QED) is 0.854. The second-order valence-corrected chi connectivity index (χ2v) is 4.26. The van der Waals surface area contributed by atoms with Crippen LogP contribution in [0.1, 0.15) is 18.3 Å². The van der Waals surface area contributed by atoms with Crippen molar-refractivity contribution in [1.29, 1.82) is 0 Å². The zero-order valence-corrected chi connectivity index (χ0v) is 11.1. The van der Waals surface area contributed by atoms with Gasteiger partial charge in [-0.25, -0.2) is 4.98 Å². The van der Waals surface area contributed by atoms with Gasteiger partial charge in [-0.3, -0.25) is 4.79 Å². The summed E-state index contributed by atoms with van der Waals surface area (Å²) in [4.78, 5) is 15.9. The van der Waals surface area contributed by atoms with Gasteiger partial charge >= 0.3 is 0 Å². The molecule has 98 valence electrons. The van der Waals surface area contributed by atoms with E-state index in [1.54, 1.807) is 12.3 Å². The highest BCUT2D eigenvalue weighted by atomic mass is 16.1. The third-order valence-corrected chi connectivity index (χ3v) is 2.79. The minimum Gasteiger partial charge on any atom is -0.332 e. The van der Waals surface area contributed by atoms with Crippen molar-refractivity contribution < 1.29 is 4.79 Å². The van der Waals surface area contributed by atoms with Crippen molar-refractivity contribution >= 4 is 17.7 Å². The largest absolute Gasteiger partial charge is 0.332 e. The van der Waals surface area contributed by atoms with Gasteiger partial charge in [-0.1, -0.05) is 17.7 Å². The summed E-state index contributed by atoms with van der Waals surface area (Å²) in [5.41, 5.74) is 1.96. The first-order valence-corrected chi connectivity index (χ1v) is 6.26. The van der Waals surface area contributed by atoms with Crippen LogP contribution < -0.4 is 5.32 Å². The number of anilines is 1. The van der Waals surface area contributed by atoms with Crippen molar-refractivity contribution in [2.24, 2.45) is 0 Å². The van der Waals surface area contributed by atoms with Gasteiger partial charge < -0.3 is 9.88 Å². The number of aryl methyl sites for hydroxylation is 2. The van der Waals surface area contributed by atoms with Crippen LogP contribution in [0.3, 0.4) is 0 Å². The molecule has 0 aliphatic heterocycles. The molecule has 0 bridgehead atoms. The van der Waals surface area contributed by atoms with Crippen molar-refractivity contribution in [3.63, 3.8) is 0 Å². The van der Waals surface area contributed by atoms with Crippen LogP contribution in [0.4, 0.5) is 5.69 Å². The molecule has 1 N–H and O–H groups in total. The number of nitrogens with zero attached hydrogens (tertiary/aromatic N) is 2. The van der Waals surface area contributed by atoms with E-state index in [0.29, 0.717) is 0 Å². The van der Waals surface area contributed by atoms with E-state index in [2.05, 4.69) is 10.3 Å². The molecule has 0 aliphatic rings. The van der Waals surface area contributed by atoms with E-state index in [0.717, 1.165) is 18.1 Å². The summed E-state index contributed by atoms with van der Waals surface area (Å²) >= 11 is 0. The topological polar surface area (TPSA) is 46.9 Å². The molecule has 1 aromatic carbocycles. The van der Waals surface area contributed by atoms with E-state index in [9.17, 15) is 4.79 Å². The first kappa shape index (κ1) is 13.1. The zero-order chi connectivity index (χ0) is 13.7. The average molecular weight is 255 g/mol. The fourth-order valence-corrected chi connectivity index (χ4v) is 1.72. The Labute approximate surface area is 112 Å². The third kappa shape index (κ3) is 3.55. The Kier molecular flexibility index (Phi) is 4.13. The average Bonchev–Trinajstić information content (AvgIpc) is 2.86. The molecule has 0 spiro atoms. The highest BCUT2D eigenvalue weighted by Gasteiger charge is 1.99. The van der Waals surface area contributed by atoms with Gasteiger partial charge in [-0.15, -0.1) is 0 Å². The predicted octanol–water partition coefficient (Wildman–Crippen LogP) is 2.86. The van der Waals surface area contributed by atoms with Crippen LogP contribution in [-0.4, -0.2) is 15.5 Å². The lowest BCUT2D eigenvalue weighted by atomic mass is 10.2. The van der Waals surface area contributed by atoms with Crippen molar-refractivity contribution in [3.05, 3.63) is 54.1 Å². The number of benzene rings is 1. The monoisotopic (exact) mass is 255 g/mol. The number of imidazole rings is 1.